The first-order valence-electron chi connectivity index (χ1n) is 7.03. The van der Waals surface area contributed by atoms with Crippen molar-refractivity contribution >= 4 is 0 Å². The molecule has 0 rings (SSSR count). The van der Waals surface area contributed by atoms with Crippen LogP contribution in [0.3, 0.4) is 0 Å². The molecule has 2 heteroatoms. The Kier molecular flexibility index (Phi) is 8.96. The fourth-order valence-corrected chi connectivity index (χ4v) is 1.88. The van der Waals surface area contributed by atoms with Gasteiger partial charge in [0.25, 0.3) is 0 Å². The van der Waals surface area contributed by atoms with E-state index in [1.807, 2.05) is 0 Å². The number of unbranched alkanes of at least 4 members (excludes halogenated alkanes) is 7. The lowest BCUT2D eigenvalue weighted by molar-refractivity contribution is -0.864. The Morgan fingerprint density at radius 1 is 0.875 bits per heavy atom. The molecule has 0 saturated heterocycles. The Balaban J connectivity index is 3.21. The number of nitrogens with zero attached hydrogens (tertiary/aromatic N) is 1. The van der Waals surface area contributed by atoms with E-state index in [9.17, 15) is 5.21 Å². The van der Waals surface area contributed by atoms with Crippen LogP contribution in [-0.2, 0) is 0 Å². The number of quaternary nitrogens is 1. The molecule has 2 nitrogen and oxygen atoms in total. The third-order valence-electron chi connectivity index (χ3n) is 3.54. The summed E-state index contributed by atoms with van der Waals surface area (Å²) in [6.07, 6.45) is 11.8. The molecule has 0 fully saturated rings. The zero-order valence-electron chi connectivity index (χ0n) is 11.8. The maximum Gasteiger partial charge on any atom is 0.0854 e. The zero-order chi connectivity index (χ0) is 12.4. The van der Waals surface area contributed by atoms with Crippen molar-refractivity contribution in [1.82, 2.24) is 0 Å². The molecule has 0 radical (unpaired) electrons. The molecule has 0 spiro atoms. The second-order valence-corrected chi connectivity index (χ2v) is 5.55. The minimum absolute atomic E-state index is 0.142. The van der Waals surface area contributed by atoms with Gasteiger partial charge in [-0.05, 0) is 19.8 Å². The van der Waals surface area contributed by atoms with Crippen molar-refractivity contribution in [3.8, 4) is 0 Å². The van der Waals surface area contributed by atoms with Crippen molar-refractivity contribution in [2.24, 2.45) is 0 Å². The van der Waals surface area contributed by atoms with Gasteiger partial charge >= 0.3 is 0 Å². The van der Waals surface area contributed by atoms with Gasteiger partial charge < -0.3 is 9.85 Å². The predicted octanol–water partition coefficient (Wildman–Crippen LogP) is 4.48. The van der Waals surface area contributed by atoms with Crippen LogP contribution in [0.2, 0.25) is 0 Å². The third-order valence-corrected chi connectivity index (χ3v) is 3.54. The highest BCUT2D eigenvalue weighted by molar-refractivity contribution is 4.53. The van der Waals surface area contributed by atoms with Crippen molar-refractivity contribution in [3.63, 3.8) is 0 Å². The molecule has 0 aliphatic carbocycles. The molecular weight excluding hydrogens is 198 g/mol. The first-order valence-corrected chi connectivity index (χ1v) is 7.03. The molecule has 0 aromatic rings. The summed E-state index contributed by atoms with van der Waals surface area (Å²) in [5.41, 5.74) is 0. The van der Waals surface area contributed by atoms with E-state index in [0.29, 0.717) is 0 Å². The largest absolute Gasteiger partial charge is 0.633 e. The zero-order valence-corrected chi connectivity index (χ0v) is 11.8. The van der Waals surface area contributed by atoms with Gasteiger partial charge in [-0.1, -0.05) is 51.9 Å². The second kappa shape index (κ2) is 9.00. The fourth-order valence-electron chi connectivity index (χ4n) is 1.88. The van der Waals surface area contributed by atoms with Gasteiger partial charge in [0.05, 0.1) is 20.1 Å². The van der Waals surface area contributed by atoms with E-state index in [1.54, 1.807) is 14.1 Å². The smallest absolute Gasteiger partial charge is 0.0854 e. The SMILES string of the molecule is CCCCCCCCCCC(C)[N+](C)(C)[O-]. The molecule has 0 N–H and O–H groups in total. The number of hydrogen-bond acceptors (Lipinski definition) is 1. The van der Waals surface area contributed by atoms with Crippen molar-refractivity contribution in [3.05, 3.63) is 5.21 Å². The molecule has 0 aromatic heterocycles. The van der Waals surface area contributed by atoms with E-state index in [0.717, 1.165) is 6.42 Å². The number of hydroxylamine groups is 3. The molecule has 0 aromatic carbocycles. The molecule has 0 heterocycles. The van der Waals surface area contributed by atoms with Crippen LogP contribution in [0, 0.1) is 5.21 Å². The molecule has 0 saturated carbocycles. The Labute approximate surface area is 102 Å². The summed E-state index contributed by atoms with van der Waals surface area (Å²) in [7, 11) is 3.49. The second-order valence-electron chi connectivity index (χ2n) is 5.55. The summed E-state index contributed by atoms with van der Waals surface area (Å²) >= 11 is 0. The molecule has 0 aliphatic heterocycles. The Hall–Kier alpha value is -0.0800. The first kappa shape index (κ1) is 15.9. The summed E-state index contributed by atoms with van der Waals surface area (Å²) in [6.45, 7) is 4.32. The third kappa shape index (κ3) is 9.17. The number of hydrogen-bond donors (Lipinski definition) is 0. The lowest BCUT2D eigenvalue weighted by Gasteiger charge is -2.40. The summed E-state index contributed by atoms with van der Waals surface area (Å²) < 4.78 is -0.142. The average Bonchev–Trinajstić information content (AvgIpc) is 2.20. The van der Waals surface area contributed by atoms with Gasteiger partial charge in [-0.25, -0.2) is 0 Å². The topological polar surface area (TPSA) is 23.1 Å². The molecular formula is C14H31NO. The van der Waals surface area contributed by atoms with Gasteiger partial charge in [0.1, 0.15) is 0 Å². The van der Waals surface area contributed by atoms with E-state index >= 15 is 0 Å². The van der Waals surface area contributed by atoms with E-state index in [2.05, 4.69) is 13.8 Å². The molecule has 1 atom stereocenters. The molecule has 0 amide bonds. The maximum absolute atomic E-state index is 11.6. The summed E-state index contributed by atoms with van der Waals surface area (Å²) in [5, 5.41) is 11.6. The van der Waals surface area contributed by atoms with Gasteiger partial charge in [0.15, 0.2) is 0 Å². The van der Waals surface area contributed by atoms with Gasteiger partial charge in [0.2, 0.25) is 0 Å². The van der Waals surface area contributed by atoms with E-state index in [1.165, 1.54) is 51.4 Å². The Morgan fingerprint density at radius 2 is 1.31 bits per heavy atom. The lowest BCUT2D eigenvalue weighted by Crippen LogP contribution is -2.41. The van der Waals surface area contributed by atoms with Crippen molar-refractivity contribution in [1.29, 1.82) is 0 Å². The van der Waals surface area contributed by atoms with Crippen LogP contribution in [0.5, 0.6) is 0 Å². The van der Waals surface area contributed by atoms with E-state index in [4.69, 9.17) is 0 Å². The van der Waals surface area contributed by atoms with Crippen LogP contribution in [-0.4, -0.2) is 24.8 Å². The van der Waals surface area contributed by atoms with Crippen LogP contribution in [0.25, 0.3) is 0 Å². The van der Waals surface area contributed by atoms with Crippen molar-refractivity contribution < 1.29 is 4.65 Å². The van der Waals surface area contributed by atoms with Gasteiger partial charge in [-0.2, -0.15) is 0 Å². The normalized spacial score (nSPS) is 14.1. The lowest BCUT2D eigenvalue weighted by atomic mass is 10.0. The minimum Gasteiger partial charge on any atom is -0.633 e. The van der Waals surface area contributed by atoms with E-state index in [-0.39, 0.29) is 10.7 Å². The highest BCUT2D eigenvalue weighted by Crippen LogP contribution is 2.14. The summed E-state index contributed by atoms with van der Waals surface area (Å²) in [6, 6.07) is 0.250. The van der Waals surface area contributed by atoms with Crippen LogP contribution in [0.1, 0.15) is 71.6 Å². The van der Waals surface area contributed by atoms with Gasteiger partial charge in [0, 0.05) is 0 Å². The average molecular weight is 229 g/mol. The monoisotopic (exact) mass is 229 g/mol. The highest BCUT2D eigenvalue weighted by Gasteiger charge is 2.12. The maximum atomic E-state index is 11.6. The fraction of sp³-hybridized carbons (Fsp3) is 1.00. The van der Waals surface area contributed by atoms with Crippen LogP contribution >= 0.6 is 0 Å². The Bertz CT molecular complexity index is 151. The van der Waals surface area contributed by atoms with E-state index < -0.39 is 0 Å². The molecule has 16 heavy (non-hydrogen) atoms. The van der Waals surface area contributed by atoms with Crippen molar-refractivity contribution in [2.75, 3.05) is 14.1 Å². The standard InChI is InChI=1S/C14H31NO/c1-5-6-7-8-9-10-11-12-13-14(2)15(3,4)16/h14H,5-13H2,1-4H3. The Morgan fingerprint density at radius 3 is 1.75 bits per heavy atom. The molecule has 0 aliphatic rings. The molecule has 1 unspecified atom stereocenters. The van der Waals surface area contributed by atoms with Crippen LogP contribution < -0.4 is 0 Å². The first-order chi connectivity index (χ1) is 7.48. The summed E-state index contributed by atoms with van der Waals surface area (Å²) in [4.78, 5) is 0. The number of rotatable bonds is 10. The molecule has 0 bridgehead atoms. The highest BCUT2D eigenvalue weighted by atomic mass is 16.5. The quantitative estimate of drug-likeness (QED) is 0.308. The van der Waals surface area contributed by atoms with Gasteiger partial charge in [-0.15, -0.1) is 0 Å². The van der Waals surface area contributed by atoms with Gasteiger partial charge in [-0.3, -0.25) is 0 Å². The molecule has 98 valence electrons. The van der Waals surface area contributed by atoms with Crippen LogP contribution in [0.15, 0.2) is 0 Å². The summed E-state index contributed by atoms with van der Waals surface area (Å²) in [5.74, 6) is 0. The van der Waals surface area contributed by atoms with Crippen molar-refractivity contribution in [2.45, 2.75) is 77.7 Å². The predicted molar refractivity (Wildman–Crippen MR) is 72.2 cm³/mol. The minimum atomic E-state index is -0.142. The van der Waals surface area contributed by atoms with Crippen LogP contribution in [0.4, 0.5) is 0 Å².